The van der Waals surface area contributed by atoms with Crippen molar-refractivity contribution in [3.05, 3.63) is 47.3 Å². The zero-order chi connectivity index (χ0) is 19.3. The molecule has 2 aliphatic heterocycles. The lowest BCUT2D eigenvalue weighted by Crippen LogP contribution is -2.52. The number of piperidine rings is 1. The molecular formula is C24H31N3O. The first-order valence-electron chi connectivity index (χ1n) is 10.9. The van der Waals surface area contributed by atoms with Crippen molar-refractivity contribution in [2.45, 2.75) is 64.3 Å². The normalized spacial score (nSPS) is 21.1. The lowest BCUT2D eigenvalue weighted by atomic mass is 9.81. The van der Waals surface area contributed by atoms with Gasteiger partial charge in [-0.15, -0.1) is 0 Å². The van der Waals surface area contributed by atoms with Gasteiger partial charge in [0.2, 0.25) is 5.91 Å². The van der Waals surface area contributed by atoms with Crippen LogP contribution in [0.3, 0.4) is 0 Å². The number of carbonyl (C=O) groups excluding carboxylic acids is 1. The highest BCUT2D eigenvalue weighted by atomic mass is 16.2. The number of hydrogen-bond acceptors (Lipinski definition) is 2. The molecule has 1 aromatic heterocycles. The van der Waals surface area contributed by atoms with Crippen molar-refractivity contribution in [3.8, 4) is 5.69 Å². The molecule has 1 aromatic carbocycles. The average Bonchev–Trinajstić information content (AvgIpc) is 3.22. The van der Waals surface area contributed by atoms with E-state index in [1.165, 1.54) is 47.5 Å². The molecule has 1 aliphatic carbocycles. The molecule has 2 aromatic rings. The number of amides is 1. The van der Waals surface area contributed by atoms with Crippen LogP contribution in [0, 0.1) is 19.8 Å². The van der Waals surface area contributed by atoms with E-state index < -0.39 is 0 Å². The Hall–Kier alpha value is -2.23. The molecule has 1 saturated heterocycles. The first-order valence-corrected chi connectivity index (χ1v) is 10.9. The molecule has 1 spiro atoms. The Bertz CT molecular complexity index is 899. The van der Waals surface area contributed by atoms with E-state index in [-0.39, 0.29) is 11.5 Å². The molecule has 5 rings (SSSR count). The van der Waals surface area contributed by atoms with Crippen LogP contribution in [0.2, 0.25) is 0 Å². The topological polar surface area (TPSA) is 37.3 Å². The van der Waals surface area contributed by atoms with Crippen LogP contribution in [0.4, 0.5) is 5.69 Å². The molecule has 2 fully saturated rings. The van der Waals surface area contributed by atoms with Crippen molar-refractivity contribution in [2.24, 2.45) is 5.92 Å². The van der Waals surface area contributed by atoms with E-state index in [2.05, 4.69) is 59.1 Å². The van der Waals surface area contributed by atoms with Gasteiger partial charge in [-0.25, -0.2) is 0 Å². The van der Waals surface area contributed by atoms with E-state index in [0.29, 0.717) is 5.91 Å². The van der Waals surface area contributed by atoms with Crippen molar-refractivity contribution in [1.29, 1.82) is 0 Å². The Balaban J connectivity index is 1.40. The number of nitrogens with one attached hydrogen (secondary N) is 1. The van der Waals surface area contributed by atoms with Crippen LogP contribution in [-0.2, 0) is 10.3 Å². The number of fused-ring (bicyclic) bond motifs is 4. The third-order valence-corrected chi connectivity index (χ3v) is 7.44. The molecule has 1 amide bonds. The quantitative estimate of drug-likeness (QED) is 0.766. The Labute approximate surface area is 167 Å². The number of hydrogen-bond donors (Lipinski definition) is 1. The van der Waals surface area contributed by atoms with Gasteiger partial charge in [0.25, 0.3) is 0 Å². The number of carbonyl (C=O) groups is 1. The molecule has 0 bridgehead atoms. The van der Waals surface area contributed by atoms with Crippen LogP contribution in [-0.4, -0.2) is 28.5 Å². The number of rotatable bonds is 1. The Morgan fingerprint density at radius 3 is 2.57 bits per heavy atom. The first kappa shape index (κ1) is 17.8. The number of likely N-dealkylation sites (tertiary alicyclic amines) is 1. The maximum absolute atomic E-state index is 13.0. The fraction of sp³-hybridized carbons (Fsp3) is 0.542. The minimum Gasteiger partial charge on any atom is -0.372 e. The molecule has 148 valence electrons. The summed E-state index contributed by atoms with van der Waals surface area (Å²) in [7, 11) is 0. The molecule has 0 atom stereocenters. The summed E-state index contributed by atoms with van der Waals surface area (Å²) < 4.78 is 2.38. The van der Waals surface area contributed by atoms with E-state index in [1.807, 2.05) is 0 Å². The zero-order valence-corrected chi connectivity index (χ0v) is 17.1. The largest absolute Gasteiger partial charge is 0.372 e. The first-order chi connectivity index (χ1) is 13.6. The van der Waals surface area contributed by atoms with E-state index in [0.717, 1.165) is 38.8 Å². The van der Waals surface area contributed by atoms with Crippen LogP contribution < -0.4 is 5.32 Å². The van der Waals surface area contributed by atoms with Gasteiger partial charge in [0.05, 0.1) is 16.9 Å². The van der Waals surface area contributed by atoms with Crippen LogP contribution in [0.15, 0.2) is 30.5 Å². The van der Waals surface area contributed by atoms with E-state index in [9.17, 15) is 4.79 Å². The molecule has 4 heteroatoms. The monoisotopic (exact) mass is 377 g/mol. The standard InChI is InChI=1S/C24H31N3O/c1-17-10-11-20-22(18(17)2)27-14-6-9-21(27)24(25-20)12-15-26(16-13-24)23(28)19-7-4-3-5-8-19/h6,9-11,14,19,25H,3-5,7-8,12-13,15-16H2,1-2H3. The van der Waals surface area contributed by atoms with Gasteiger partial charge in [0.15, 0.2) is 0 Å². The average molecular weight is 378 g/mol. The summed E-state index contributed by atoms with van der Waals surface area (Å²) >= 11 is 0. The van der Waals surface area contributed by atoms with Gasteiger partial charge < -0.3 is 14.8 Å². The van der Waals surface area contributed by atoms with Crippen molar-refractivity contribution < 1.29 is 4.79 Å². The van der Waals surface area contributed by atoms with Crippen molar-refractivity contribution in [1.82, 2.24) is 9.47 Å². The van der Waals surface area contributed by atoms with Crippen molar-refractivity contribution >= 4 is 11.6 Å². The van der Waals surface area contributed by atoms with Crippen LogP contribution in [0.5, 0.6) is 0 Å². The SMILES string of the molecule is Cc1ccc2c(c1C)-n1cccc1C1(CCN(C(=O)C3CCCCC3)CC1)N2. The predicted octanol–water partition coefficient (Wildman–Crippen LogP) is 4.92. The number of nitrogens with zero attached hydrogens (tertiary/aromatic N) is 2. The summed E-state index contributed by atoms with van der Waals surface area (Å²) in [5.41, 5.74) is 6.44. The molecule has 0 unspecified atom stereocenters. The van der Waals surface area contributed by atoms with Crippen molar-refractivity contribution in [2.75, 3.05) is 18.4 Å². The van der Waals surface area contributed by atoms with Crippen LogP contribution >= 0.6 is 0 Å². The fourth-order valence-electron chi connectivity index (χ4n) is 5.60. The van der Waals surface area contributed by atoms with E-state index >= 15 is 0 Å². The second kappa shape index (κ2) is 6.68. The maximum Gasteiger partial charge on any atom is 0.225 e. The fourth-order valence-corrected chi connectivity index (χ4v) is 5.60. The Morgan fingerprint density at radius 1 is 1.07 bits per heavy atom. The molecule has 3 heterocycles. The highest BCUT2D eigenvalue weighted by Gasteiger charge is 2.43. The summed E-state index contributed by atoms with van der Waals surface area (Å²) in [4.78, 5) is 15.1. The third-order valence-electron chi connectivity index (χ3n) is 7.44. The second-order valence-corrected chi connectivity index (χ2v) is 9.03. The van der Waals surface area contributed by atoms with Gasteiger partial charge in [-0.3, -0.25) is 4.79 Å². The summed E-state index contributed by atoms with van der Waals surface area (Å²) in [6.07, 6.45) is 10.1. The number of aryl methyl sites for hydroxylation is 1. The molecule has 4 nitrogen and oxygen atoms in total. The van der Waals surface area contributed by atoms with Gasteiger partial charge in [0.1, 0.15) is 0 Å². The Kier molecular flexibility index (Phi) is 4.26. The lowest BCUT2D eigenvalue weighted by Gasteiger charge is -2.47. The summed E-state index contributed by atoms with van der Waals surface area (Å²) in [6.45, 7) is 6.10. The van der Waals surface area contributed by atoms with Crippen LogP contribution in [0.1, 0.15) is 61.8 Å². The smallest absolute Gasteiger partial charge is 0.225 e. The summed E-state index contributed by atoms with van der Waals surface area (Å²) in [5, 5.41) is 3.90. The molecular weight excluding hydrogens is 346 g/mol. The van der Waals surface area contributed by atoms with Gasteiger partial charge in [0, 0.05) is 30.9 Å². The zero-order valence-electron chi connectivity index (χ0n) is 17.1. The summed E-state index contributed by atoms with van der Waals surface area (Å²) in [5.74, 6) is 0.685. The van der Waals surface area contributed by atoms with Gasteiger partial charge in [-0.1, -0.05) is 25.3 Å². The van der Waals surface area contributed by atoms with Gasteiger partial charge in [-0.2, -0.15) is 0 Å². The molecule has 0 radical (unpaired) electrons. The van der Waals surface area contributed by atoms with E-state index in [1.54, 1.807) is 0 Å². The van der Waals surface area contributed by atoms with Gasteiger partial charge >= 0.3 is 0 Å². The van der Waals surface area contributed by atoms with Crippen molar-refractivity contribution in [3.63, 3.8) is 0 Å². The predicted molar refractivity (Wildman–Crippen MR) is 113 cm³/mol. The highest BCUT2D eigenvalue weighted by molar-refractivity contribution is 5.79. The molecule has 1 saturated carbocycles. The third kappa shape index (κ3) is 2.68. The molecule has 1 N–H and O–H groups in total. The molecule has 3 aliphatic rings. The lowest BCUT2D eigenvalue weighted by molar-refractivity contribution is -0.138. The second-order valence-electron chi connectivity index (χ2n) is 9.03. The minimum absolute atomic E-state index is 0.0679. The van der Waals surface area contributed by atoms with Crippen LogP contribution in [0.25, 0.3) is 5.69 Å². The van der Waals surface area contributed by atoms with Gasteiger partial charge in [-0.05, 0) is 68.9 Å². The number of benzene rings is 1. The number of anilines is 1. The van der Waals surface area contributed by atoms with E-state index in [4.69, 9.17) is 0 Å². The minimum atomic E-state index is -0.0679. The Morgan fingerprint density at radius 2 is 1.82 bits per heavy atom. The molecule has 28 heavy (non-hydrogen) atoms. The summed E-state index contributed by atoms with van der Waals surface area (Å²) in [6, 6.07) is 8.86. The maximum atomic E-state index is 13.0. The number of aromatic nitrogens is 1. The highest BCUT2D eigenvalue weighted by Crippen LogP contribution is 2.45.